The Balaban J connectivity index is 1.45. The molecule has 0 bridgehead atoms. The van der Waals surface area contributed by atoms with Gasteiger partial charge in [-0.15, -0.1) is 5.10 Å². The van der Waals surface area contributed by atoms with Crippen molar-refractivity contribution in [2.75, 3.05) is 32.2 Å². The first kappa shape index (κ1) is 23.1. The molecule has 0 spiro atoms. The van der Waals surface area contributed by atoms with E-state index in [1.807, 2.05) is 48.2 Å². The molecule has 0 unspecified atom stereocenters. The van der Waals surface area contributed by atoms with Crippen LogP contribution in [0, 0.1) is 6.92 Å². The predicted molar refractivity (Wildman–Crippen MR) is 127 cm³/mol. The Kier molecular flexibility index (Phi) is 6.67. The van der Waals surface area contributed by atoms with E-state index in [4.69, 9.17) is 9.47 Å². The summed E-state index contributed by atoms with van der Waals surface area (Å²) in [6.07, 6.45) is 0.558. The van der Waals surface area contributed by atoms with Gasteiger partial charge in [0.1, 0.15) is 6.54 Å². The van der Waals surface area contributed by atoms with Gasteiger partial charge in [-0.25, -0.2) is 4.68 Å². The maximum Gasteiger partial charge on any atom is 0.333 e. The first-order valence-corrected chi connectivity index (χ1v) is 10.9. The highest BCUT2D eigenvalue weighted by Crippen LogP contribution is 2.28. The van der Waals surface area contributed by atoms with Gasteiger partial charge >= 0.3 is 11.1 Å². The van der Waals surface area contributed by atoms with Crippen molar-refractivity contribution in [2.45, 2.75) is 26.4 Å². The molecule has 1 N–H and O–H groups in total. The van der Waals surface area contributed by atoms with E-state index in [9.17, 15) is 14.4 Å². The Hall–Kier alpha value is -4.08. The smallest absolute Gasteiger partial charge is 0.333 e. The largest absolute Gasteiger partial charge is 0.493 e. The number of aryl methyl sites for hydroxylation is 1. The molecular weight excluding hydrogens is 438 g/mol. The number of hydrogen-bond donors (Lipinski definition) is 1. The van der Waals surface area contributed by atoms with Crippen molar-refractivity contribution < 1.29 is 14.3 Å². The molecule has 4 rings (SSSR count). The molecule has 1 aliphatic rings. The van der Waals surface area contributed by atoms with E-state index in [2.05, 4.69) is 10.4 Å². The van der Waals surface area contributed by atoms with E-state index < -0.39 is 17.0 Å². The third-order valence-corrected chi connectivity index (χ3v) is 5.73. The zero-order chi connectivity index (χ0) is 24.2. The van der Waals surface area contributed by atoms with Crippen molar-refractivity contribution in [3.63, 3.8) is 0 Å². The second-order valence-electron chi connectivity index (χ2n) is 8.00. The molecule has 0 saturated carbocycles. The average Bonchev–Trinajstić information content (AvgIpc) is 3.26. The first-order chi connectivity index (χ1) is 16.4. The SMILES string of the molecule is COc1ccc(CCNC(=O)Cn2nc3n(c(=O)c2=O)CCN3c2ccc(C)cc2)cc1OC. The summed E-state index contributed by atoms with van der Waals surface area (Å²) in [6.45, 7) is 2.89. The lowest BCUT2D eigenvalue weighted by Crippen LogP contribution is -2.45. The third kappa shape index (κ3) is 4.66. The van der Waals surface area contributed by atoms with Crippen molar-refractivity contribution in [2.24, 2.45) is 0 Å². The Morgan fingerprint density at radius 3 is 2.44 bits per heavy atom. The molecule has 34 heavy (non-hydrogen) atoms. The van der Waals surface area contributed by atoms with Gasteiger partial charge in [0.05, 0.1) is 14.2 Å². The summed E-state index contributed by atoms with van der Waals surface area (Å²) in [6, 6.07) is 13.4. The lowest BCUT2D eigenvalue weighted by Gasteiger charge is -2.18. The van der Waals surface area contributed by atoms with Gasteiger partial charge in [0.25, 0.3) is 0 Å². The van der Waals surface area contributed by atoms with Crippen LogP contribution in [0.2, 0.25) is 0 Å². The summed E-state index contributed by atoms with van der Waals surface area (Å²) in [5, 5.41) is 7.12. The van der Waals surface area contributed by atoms with Crippen molar-refractivity contribution in [3.8, 4) is 11.5 Å². The number of carbonyl (C=O) groups is 1. The number of rotatable bonds is 8. The molecule has 2 heterocycles. The fraction of sp³-hybridized carbons (Fsp3) is 0.333. The molecular formula is C24H27N5O5. The van der Waals surface area contributed by atoms with Gasteiger partial charge in [-0.05, 0) is 43.2 Å². The molecule has 1 amide bonds. The summed E-state index contributed by atoms with van der Waals surface area (Å²) in [7, 11) is 3.13. The maximum atomic E-state index is 12.6. The molecule has 1 aromatic heterocycles. The number of methoxy groups -OCH3 is 2. The van der Waals surface area contributed by atoms with Crippen molar-refractivity contribution >= 4 is 17.5 Å². The molecule has 0 fully saturated rings. The highest BCUT2D eigenvalue weighted by molar-refractivity contribution is 5.75. The normalized spacial score (nSPS) is 12.4. The maximum absolute atomic E-state index is 12.6. The second-order valence-corrected chi connectivity index (χ2v) is 8.00. The van der Waals surface area contributed by atoms with E-state index in [0.29, 0.717) is 43.5 Å². The molecule has 0 aliphatic carbocycles. The summed E-state index contributed by atoms with van der Waals surface area (Å²) in [5.74, 6) is 1.19. The van der Waals surface area contributed by atoms with Crippen LogP contribution >= 0.6 is 0 Å². The van der Waals surface area contributed by atoms with Gasteiger partial charge in [-0.2, -0.15) is 0 Å². The minimum absolute atomic E-state index is 0.338. The summed E-state index contributed by atoms with van der Waals surface area (Å²) in [5.41, 5.74) is 1.44. The number of amides is 1. The highest BCUT2D eigenvalue weighted by atomic mass is 16.5. The van der Waals surface area contributed by atoms with E-state index in [-0.39, 0.29) is 6.54 Å². The standard InChI is InChI=1S/C24H27N5O5/c1-16-4-7-18(8-5-16)27-12-13-28-22(31)23(32)29(26-24(27)28)15-21(30)25-11-10-17-6-9-19(33-2)20(14-17)34-3/h4-9,14H,10-13,15H2,1-3H3,(H,25,30). The topological polar surface area (TPSA) is 108 Å². The third-order valence-electron chi connectivity index (χ3n) is 5.73. The number of ether oxygens (including phenoxy) is 2. The molecule has 3 aromatic rings. The predicted octanol–water partition coefficient (Wildman–Crippen LogP) is 1.24. The van der Waals surface area contributed by atoms with Crippen LogP contribution in [-0.2, 0) is 24.3 Å². The number of nitrogens with zero attached hydrogens (tertiary/aromatic N) is 4. The quantitative estimate of drug-likeness (QED) is 0.499. The molecule has 10 heteroatoms. The molecule has 178 valence electrons. The van der Waals surface area contributed by atoms with Crippen LogP contribution in [0.1, 0.15) is 11.1 Å². The molecule has 0 saturated heterocycles. The minimum Gasteiger partial charge on any atom is -0.493 e. The van der Waals surface area contributed by atoms with Crippen molar-refractivity contribution in [1.29, 1.82) is 0 Å². The molecule has 1 aliphatic heterocycles. The number of aromatic nitrogens is 3. The number of carbonyl (C=O) groups excluding carboxylic acids is 1. The van der Waals surface area contributed by atoms with Gasteiger partial charge in [0, 0.05) is 25.3 Å². The van der Waals surface area contributed by atoms with Crippen LogP contribution < -0.4 is 30.8 Å². The van der Waals surface area contributed by atoms with Crippen molar-refractivity contribution in [1.82, 2.24) is 19.7 Å². The van der Waals surface area contributed by atoms with Gasteiger partial charge in [-0.3, -0.25) is 19.0 Å². The van der Waals surface area contributed by atoms with Gasteiger partial charge in [0.2, 0.25) is 11.9 Å². The van der Waals surface area contributed by atoms with Crippen LogP contribution in [0.5, 0.6) is 11.5 Å². The van der Waals surface area contributed by atoms with E-state index in [1.165, 1.54) is 4.57 Å². The zero-order valence-electron chi connectivity index (χ0n) is 19.4. The highest BCUT2D eigenvalue weighted by Gasteiger charge is 2.26. The van der Waals surface area contributed by atoms with Gasteiger partial charge < -0.3 is 19.7 Å². The van der Waals surface area contributed by atoms with Gasteiger partial charge in [0.15, 0.2) is 11.5 Å². The van der Waals surface area contributed by atoms with Crippen LogP contribution in [0.4, 0.5) is 11.6 Å². The fourth-order valence-electron chi connectivity index (χ4n) is 3.88. The lowest BCUT2D eigenvalue weighted by atomic mass is 10.1. The van der Waals surface area contributed by atoms with E-state index in [1.54, 1.807) is 20.3 Å². The minimum atomic E-state index is -0.815. The Morgan fingerprint density at radius 1 is 1.00 bits per heavy atom. The molecule has 10 nitrogen and oxygen atoms in total. The van der Waals surface area contributed by atoms with Gasteiger partial charge in [-0.1, -0.05) is 23.8 Å². The fourth-order valence-corrected chi connectivity index (χ4v) is 3.88. The van der Waals surface area contributed by atoms with E-state index >= 15 is 0 Å². The second kappa shape index (κ2) is 9.82. The van der Waals surface area contributed by atoms with Crippen LogP contribution in [-0.4, -0.2) is 47.6 Å². The van der Waals surface area contributed by atoms with Crippen molar-refractivity contribution in [3.05, 3.63) is 74.3 Å². The Labute approximate surface area is 196 Å². The van der Waals surface area contributed by atoms with E-state index in [0.717, 1.165) is 21.5 Å². The average molecular weight is 466 g/mol. The number of benzene rings is 2. The lowest BCUT2D eigenvalue weighted by molar-refractivity contribution is -0.121. The Morgan fingerprint density at radius 2 is 1.74 bits per heavy atom. The first-order valence-electron chi connectivity index (χ1n) is 10.9. The number of fused-ring (bicyclic) bond motifs is 1. The zero-order valence-corrected chi connectivity index (χ0v) is 19.4. The summed E-state index contributed by atoms with van der Waals surface area (Å²) >= 11 is 0. The molecule has 0 radical (unpaired) electrons. The molecule has 2 aromatic carbocycles. The van der Waals surface area contributed by atoms with Crippen LogP contribution in [0.15, 0.2) is 52.1 Å². The van der Waals surface area contributed by atoms with Crippen LogP contribution in [0.3, 0.4) is 0 Å². The summed E-state index contributed by atoms with van der Waals surface area (Å²) < 4.78 is 12.8. The monoisotopic (exact) mass is 465 g/mol. The number of anilines is 2. The molecule has 0 atom stereocenters. The van der Waals surface area contributed by atoms with Crippen LogP contribution in [0.25, 0.3) is 0 Å². The summed E-state index contributed by atoms with van der Waals surface area (Å²) in [4.78, 5) is 39.5. The number of hydrogen-bond acceptors (Lipinski definition) is 7. The number of nitrogens with one attached hydrogen (secondary N) is 1. The Bertz CT molecular complexity index is 1310.